The zero-order valence-electron chi connectivity index (χ0n) is 28.6. The first-order valence-corrected chi connectivity index (χ1v) is 17.6. The molecule has 6 nitrogen and oxygen atoms in total. The number of fused-ring (bicyclic) bond motifs is 7. The van der Waals surface area contributed by atoms with Crippen molar-refractivity contribution in [2.75, 3.05) is 0 Å². The van der Waals surface area contributed by atoms with Gasteiger partial charge in [-0.05, 0) is 129 Å². The summed E-state index contributed by atoms with van der Waals surface area (Å²) in [5, 5.41) is 20.2. The first kappa shape index (κ1) is 32.1. The third-order valence-corrected chi connectivity index (χ3v) is 16.5. The van der Waals surface area contributed by atoms with Crippen molar-refractivity contribution in [2.24, 2.45) is 73.9 Å². The van der Waals surface area contributed by atoms with Crippen LogP contribution in [0.2, 0.25) is 0 Å². The molecular formula is C38H58O6. The van der Waals surface area contributed by atoms with Crippen LogP contribution < -0.4 is 0 Å². The Bertz CT molecular complexity index is 1270. The number of esters is 1. The summed E-state index contributed by atoms with van der Waals surface area (Å²) in [6.45, 7) is 22.5. The Morgan fingerprint density at radius 2 is 1.41 bits per heavy atom. The number of allylic oxidation sites excluding steroid dienone is 1. The van der Waals surface area contributed by atoms with Gasteiger partial charge in [0.2, 0.25) is 0 Å². The highest BCUT2D eigenvalue weighted by molar-refractivity contribution is 5.81. The number of rotatable bonds is 5. The van der Waals surface area contributed by atoms with Gasteiger partial charge in [0.25, 0.3) is 0 Å². The van der Waals surface area contributed by atoms with Crippen LogP contribution in [0.25, 0.3) is 0 Å². The Morgan fingerprint density at radius 1 is 0.727 bits per heavy atom. The maximum Gasteiger partial charge on any atom is 0.309 e. The molecule has 0 bridgehead atoms. The van der Waals surface area contributed by atoms with Crippen molar-refractivity contribution in [3.8, 4) is 0 Å². The fourth-order valence-corrected chi connectivity index (χ4v) is 13.7. The molecule has 0 heterocycles. The topological polar surface area (TPSA) is 101 Å². The quantitative estimate of drug-likeness (QED) is 0.240. The minimum atomic E-state index is -0.823. The predicted octanol–water partition coefficient (Wildman–Crippen LogP) is 8.39. The molecule has 0 unspecified atom stereocenters. The van der Waals surface area contributed by atoms with Gasteiger partial charge in [-0.1, -0.05) is 60.6 Å². The Morgan fingerprint density at radius 3 is 2.00 bits per heavy atom. The molecule has 6 fully saturated rings. The van der Waals surface area contributed by atoms with E-state index < -0.39 is 28.7 Å². The lowest BCUT2D eigenvalue weighted by Crippen LogP contribution is -2.67. The summed E-state index contributed by atoms with van der Waals surface area (Å²) in [5.74, 6) is -0.593. The summed E-state index contributed by atoms with van der Waals surface area (Å²) in [6.07, 6.45) is 10.1. The average Bonchev–Trinajstić information content (AvgIpc) is 3.31. The average molecular weight is 611 g/mol. The Labute approximate surface area is 265 Å². The van der Waals surface area contributed by atoms with Crippen molar-refractivity contribution in [3.63, 3.8) is 0 Å². The highest BCUT2D eigenvalue weighted by Crippen LogP contribution is 2.77. The summed E-state index contributed by atoms with van der Waals surface area (Å²) in [6, 6.07) is 0. The van der Waals surface area contributed by atoms with Crippen LogP contribution in [0, 0.1) is 73.9 Å². The van der Waals surface area contributed by atoms with Crippen molar-refractivity contribution >= 4 is 17.9 Å². The van der Waals surface area contributed by atoms with E-state index in [0.29, 0.717) is 30.1 Å². The Hall–Kier alpha value is -1.85. The van der Waals surface area contributed by atoms with Crippen molar-refractivity contribution < 1.29 is 29.3 Å². The van der Waals surface area contributed by atoms with E-state index in [9.17, 15) is 24.6 Å². The van der Waals surface area contributed by atoms with Gasteiger partial charge in [0.05, 0.1) is 17.3 Å². The SMILES string of the molecule is C=C(C)[C@@H]1CC[C@]2(C(=O)O)CC[C@]3(C)[C@H](CC[C@@H]4[C@@]5(C)CC[C@H](OC(=O)[C@@H]6C[C@H](C(=O)O)C6(C)C)C(C)(C)[C@@H]5CC[C@]43C)[C@@H]12. The minimum absolute atomic E-state index is 0.0928. The molecule has 44 heavy (non-hydrogen) atoms. The summed E-state index contributed by atoms with van der Waals surface area (Å²) >= 11 is 0. The number of hydrogen-bond acceptors (Lipinski definition) is 4. The van der Waals surface area contributed by atoms with Crippen LogP contribution in [-0.4, -0.2) is 34.2 Å². The number of carboxylic acids is 2. The van der Waals surface area contributed by atoms with Crippen molar-refractivity contribution in [3.05, 3.63) is 12.2 Å². The van der Waals surface area contributed by atoms with Crippen molar-refractivity contribution in [2.45, 2.75) is 132 Å². The summed E-state index contributed by atoms with van der Waals surface area (Å²) in [5.41, 5.74) is 0.166. The van der Waals surface area contributed by atoms with Gasteiger partial charge in [-0.25, -0.2) is 0 Å². The molecule has 0 aromatic rings. The van der Waals surface area contributed by atoms with Crippen molar-refractivity contribution in [1.29, 1.82) is 0 Å². The number of ether oxygens (including phenoxy) is 1. The van der Waals surface area contributed by atoms with Crippen LogP contribution in [0.5, 0.6) is 0 Å². The first-order chi connectivity index (χ1) is 20.3. The van der Waals surface area contributed by atoms with Gasteiger partial charge in [-0.15, -0.1) is 0 Å². The summed E-state index contributed by atoms with van der Waals surface area (Å²) in [7, 11) is 0. The van der Waals surface area contributed by atoms with Crippen LogP contribution in [0.4, 0.5) is 0 Å². The number of aliphatic carboxylic acids is 2. The van der Waals surface area contributed by atoms with E-state index in [4.69, 9.17) is 4.74 Å². The monoisotopic (exact) mass is 610 g/mol. The highest BCUT2D eigenvalue weighted by atomic mass is 16.5. The minimum Gasteiger partial charge on any atom is -0.481 e. The van der Waals surface area contributed by atoms with E-state index in [1.54, 1.807) is 0 Å². The Balaban J connectivity index is 1.25. The molecular weight excluding hydrogens is 552 g/mol. The molecule has 6 aliphatic carbocycles. The van der Waals surface area contributed by atoms with Crippen LogP contribution in [-0.2, 0) is 19.1 Å². The molecule has 0 aliphatic heterocycles. The third-order valence-electron chi connectivity index (χ3n) is 16.5. The van der Waals surface area contributed by atoms with Gasteiger partial charge in [0.15, 0.2) is 0 Å². The molecule has 0 aromatic heterocycles. The maximum absolute atomic E-state index is 13.5. The number of carbonyl (C=O) groups is 3. The molecule has 0 radical (unpaired) electrons. The summed E-state index contributed by atoms with van der Waals surface area (Å²) in [4.78, 5) is 38.1. The van der Waals surface area contributed by atoms with E-state index >= 15 is 0 Å². The standard InChI is InChI=1S/C38H58O6/c1-21(2)22-12-17-38(32(42)43)19-18-36(8)23(29(22)38)10-11-27-35(7)15-14-28(34(5,6)26(35)13-16-37(27,36)9)44-31(41)25-20-24(30(39)40)33(25,3)4/h22-29H,1,10-20H2,2-9H3,(H,39,40)(H,42,43)/t22-,23+,24+,25-,26-,27+,28-,29+,35-,36+,37+,38-/m0/s1. The van der Waals surface area contributed by atoms with E-state index in [-0.39, 0.29) is 45.6 Å². The van der Waals surface area contributed by atoms with Crippen LogP contribution in [0.1, 0.15) is 126 Å². The zero-order chi connectivity index (χ0) is 32.4. The van der Waals surface area contributed by atoms with Crippen molar-refractivity contribution in [1.82, 2.24) is 0 Å². The molecule has 246 valence electrons. The second-order valence-corrected chi connectivity index (χ2v) is 18.4. The second-order valence-electron chi connectivity index (χ2n) is 18.4. The predicted molar refractivity (Wildman–Crippen MR) is 169 cm³/mol. The van der Waals surface area contributed by atoms with Crippen LogP contribution in [0.15, 0.2) is 12.2 Å². The molecule has 6 aliphatic rings. The van der Waals surface area contributed by atoms with Crippen LogP contribution >= 0.6 is 0 Å². The lowest BCUT2D eigenvalue weighted by Gasteiger charge is -2.72. The molecule has 6 saturated carbocycles. The molecule has 12 atom stereocenters. The number of hydrogen-bond donors (Lipinski definition) is 2. The fourth-order valence-electron chi connectivity index (χ4n) is 13.7. The molecule has 0 spiro atoms. The first-order valence-electron chi connectivity index (χ1n) is 17.6. The van der Waals surface area contributed by atoms with E-state index in [0.717, 1.165) is 64.2 Å². The van der Waals surface area contributed by atoms with Gasteiger partial charge < -0.3 is 14.9 Å². The molecule has 0 saturated heterocycles. The smallest absolute Gasteiger partial charge is 0.309 e. The van der Waals surface area contributed by atoms with E-state index in [2.05, 4.69) is 48.1 Å². The zero-order valence-corrected chi connectivity index (χ0v) is 28.6. The number of carboxylic acid groups (broad SMARTS) is 2. The molecule has 6 rings (SSSR count). The molecule has 0 amide bonds. The van der Waals surface area contributed by atoms with Gasteiger partial charge in [-0.2, -0.15) is 0 Å². The number of carbonyl (C=O) groups excluding carboxylic acids is 1. The fraction of sp³-hybridized carbons (Fsp3) is 0.868. The normalized spacial score (nSPS) is 50.1. The largest absolute Gasteiger partial charge is 0.481 e. The summed E-state index contributed by atoms with van der Waals surface area (Å²) < 4.78 is 6.35. The van der Waals surface area contributed by atoms with Gasteiger partial charge >= 0.3 is 17.9 Å². The van der Waals surface area contributed by atoms with Gasteiger partial charge in [0, 0.05) is 5.41 Å². The lowest BCUT2D eigenvalue weighted by atomic mass is 9.32. The Kier molecular flexibility index (Phi) is 7.17. The van der Waals surface area contributed by atoms with Gasteiger partial charge in [0.1, 0.15) is 6.10 Å². The molecule has 2 N–H and O–H groups in total. The lowest BCUT2D eigenvalue weighted by molar-refractivity contribution is -0.252. The highest BCUT2D eigenvalue weighted by Gasteiger charge is 2.72. The maximum atomic E-state index is 13.5. The van der Waals surface area contributed by atoms with E-state index in [1.165, 1.54) is 5.57 Å². The van der Waals surface area contributed by atoms with E-state index in [1.807, 2.05) is 13.8 Å². The van der Waals surface area contributed by atoms with Crippen LogP contribution in [0.3, 0.4) is 0 Å². The third kappa shape index (κ3) is 3.93. The second kappa shape index (κ2) is 9.83. The molecule has 0 aromatic carbocycles. The van der Waals surface area contributed by atoms with Gasteiger partial charge in [-0.3, -0.25) is 14.4 Å². The molecule has 6 heteroatoms.